The summed E-state index contributed by atoms with van der Waals surface area (Å²) in [5.74, 6) is 0.0609. The van der Waals surface area contributed by atoms with E-state index in [1.54, 1.807) is 18.2 Å². The first-order valence-corrected chi connectivity index (χ1v) is 7.92. The zero-order valence-electron chi connectivity index (χ0n) is 10.4. The van der Waals surface area contributed by atoms with E-state index >= 15 is 0 Å². The average molecular weight is 306 g/mol. The molecular weight excluding hydrogens is 290 g/mol. The maximum absolute atomic E-state index is 10.9. The van der Waals surface area contributed by atoms with Gasteiger partial charge in [0.25, 0.3) is 0 Å². The van der Waals surface area contributed by atoms with Crippen molar-refractivity contribution in [2.75, 3.05) is 18.6 Å². The first-order valence-electron chi connectivity index (χ1n) is 5.48. The van der Waals surface area contributed by atoms with Crippen molar-refractivity contribution in [3.8, 4) is 0 Å². The Morgan fingerprint density at radius 3 is 2.74 bits per heavy atom. The van der Waals surface area contributed by atoms with E-state index in [1.165, 1.54) is 6.26 Å². The maximum Gasteiger partial charge on any atom is 0.170 e. The minimum atomic E-state index is -2.97. The van der Waals surface area contributed by atoms with E-state index < -0.39 is 9.84 Å². The first kappa shape index (κ1) is 15.7. The first-order chi connectivity index (χ1) is 8.83. The lowest BCUT2D eigenvalue weighted by molar-refractivity contribution is 0.318. The van der Waals surface area contributed by atoms with Gasteiger partial charge in [-0.2, -0.15) is 0 Å². The van der Waals surface area contributed by atoms with Crippen LogP contribution in [0.5, 0.6) is 0 Å². The molecule has 0 aliphatic rings. The lowest BCUT2D eigenvalue weighted by Gasteiger charge is -2.08. The van der Waals surface area contributed by atoms with E-state index in [0.717, 1.165) is 5.56 Å². The van der Waals surface area contributed by atoms with Gasteiger partial charge in [0.15, 0.2) is 5.84 Å². The second-order valence-electron chi connectivity index (χ2n) is 4.10. The Balaban J connectivity index is 2.61. The molecule has 1 rings (SSSR count). The second-order valence-corrected chi connectivity index (χ2v) is 6.77. The third kappa shape index (κ3) is 5.46. The molecule has 0 unspecified atom stereocenters. The van der Waals surface area contributed by atoms with Crippen LogP contribution in [-0.4, -0.2) is 38.0 Å². The molecule has 0 fully saturated rings. The summed E-state index contributed by atoms with van der Waals surface area (Å²) in [6.07, 6.45) is 1.19. The summed E-state index contributed by atoms with van der Waals surface area (Å²) in [6, 6.07) is 5.00. The van der Waals surface area contributed by atoms with Crippen molar-refractivity contribution in [1.82, 2.24) is 5.32 Å². The summed E-state index contributed by atoms with van der Waals surface area (Å²) >= 11 is 6.05. The Morgan fingerprint density at radius 1 is 1.53 bits per heavy atom. The van der Waals surface area contributed by atoms with Crippen LogP contribution >= 0.6 is 11.6 Å². The highest BCUT2D eigenvalue weighted by molar-refractivity contribution is 7.90. The molecular formula is C11H16ClN3O3S. The highest BCUT2D eigenvalue weighted by Crippen LogP contribution is 2.17. The third-order valence-corrected chi connectivity index (χ3v) is 3.72. The molecule has 0 heterocycles. The fraction of sp³-hybridized carbons (Fsp3) is 0.364. The zero-order valence-corrected chi connectivity index (χ0v) is 12.0. The number of halogens is 1. The van der Waals surface area contributed by atoms with Gasteiger partial charge in [-0.25, -0.2) is 8.42 Å². The predicted molar refractivity (Wildman–Crippen MR) is 75.4 cm³/mol. The SMILES string of the molecule is CS(=O)(=O)CCNCc1ccc(/C(N)=N/O)cc1Cl. The van der Waals surface area contributed by atoms with E-state index in [-0.39, 0.29) is 11.6 Å². The van der Waals surface area contributed by atoms with Gasteiger partial charge in [-0.05, 0) is 11.6 Å². The molecule has 0 spiro atoms. The molecule has 0 aromatic heterocycles. The smallest absolute Gasteiger partial charge is 0.170 e. The van der Waals surface area contributed by atoms with Crippen molar-refractivity contribution < 1.29 is 13.6 Å². The summed E-state index contributed by atoms with van der Waals surface area (Å²) in [7, 11) is -2.97. The van der Waals surface area contributed by atoms with Crippen LogP contribution in [0.1, 0.15) is 11.1 Å². The Morgan fingerprint density at radius 2 is 2.21 bits per heavy atom. The van der Waals surface area contributed by atoms with E-state index in [2.05, 4.69) is 10.5 Å². The molecule has 0 aliphatic carbocycles. The van der Waals surface area contributed by atoms with Gasteiger partial charge in [0.1, 0.15) is 9.84 Å². The molecule has 0 saturated heterocycles. The molecule has 0 saturated carbocycles. The van der Waals surface area contributed by atoms with Crippen molar-refractivity contribution in [3.05, 3.63) is 34.3 Å². The predicted octanol–water partition coefficient (Wildman–Crippen LogP) is 0.569. The Bertz CT molecular complexity index is 573. The lowest BCUT2D eigenvalue weighted by atomic mass is 10.1. The number of amidine groups is 1. The summed E-state index contributed by atoms with van der Waals surface area (Å²) in [6.45, 7) is 0.807. The Labute approximate surface area is 117 Å². The topological polar surface area (TPSA) is 105 Å². The third-order valence-electron chi connectivity index (χ3n) is 2.42. The summed E-state index contributed by atoms with van der Waals surface area (Å²) < 4.78 is 21.9. The fourth-order valence-corrected chi connectivity index (χ4v) is 2.15. The van der Waals surface area contributed by atoms with Gasteiger partial charge < -0.3 is 16.3 Å². The van der Waals surface area contributed by atoms with Gasteiger partial charge in [-0.3, -0.25) is 0 Å². The van der Waals surface area contributed by atoms with Crippen LogP contribution in [0.4, 0.5) is 0 Å². The molecule has 4 N–H and O–H groups in total. The number of benzene rings is 1. The highest BCUT2D eigenvalue weighted by Gasteiger charge is 2.06. The van der Waals surface area contributed by atoms with Gasteiger partial charge in [0.2, 0.25) is 0 Å². The van der Waals surface area contributed by atoms with Crippen molar-refractivity contribution in [2.45, 2.75) is 6.54 Å². The summed E-state index contributed by atoms with van der Waals surface area (Å²) in [5, 5.41) is 14.9. The average Bonchev–Trinajstić information content (AvgIpc) is 2.33. The van der Waals surface area contributed by atoms with Gasteiger partial charge in [0, 0.05) is 29.9 Å². The van der Waals surface area contributed by atoms with Crippen molar-refractivity contribution in [3.63, 3.8) is 0 Å². The van der Waals surface area contributed by atoms with Crippen LogP contribution in [0, 0.1) is 0 Å². The maximum atomic E-state index is 10.9. The van der Waals surface area contributed by atoms with Gasteiger partial charge in [-0.15, -0.1) is 0 Å². The summed E-state index contributed by atoms with van der Waals surface area (Å²) in [5.41, 5.74) is 6.77. The molecule has 0 aliphatic heterocycles. The molecule has 0 atom stereocenters. The minimum Gasteiger partial charge on any atom is -0.409 e. The molecule has 0 radical (unpaired) electrons. The van der Waals surface area contributed by atoms with E-state index in [9.17, 15) is 8.42 Å². The van der Waals surface area contributed by atoms with Crippen LogP contribution < -0.4 is 11.1 Å². The number of hydrogen-bond acceptors (Lipinski definition) is 5. The standard InChI is InChI=1S/C11H16ClN3O3S/c1-19(17,18)5-4-14-7-9-3-2-8(6-10(9)12)11(13)15-16/h2-3,6,14,16H,4-5,7H2,1H3,(H2,13,15). The second kappa shape index (κ2) is 6.74. The van der Waals surface area contributed by atoms with Gasteiger partial charge in [-0.1, -0.05) is 28.9 Å². The van der Waals surface area contributed by atoms with Crippen LogP contribution in [0.2, 0.25) is 5.02 Å². The van der Waals surface area contributed by atoms with E-state index in [0.29, 0.717) is 23.7 Å². The fourth-order valence-electron chi connectivity index (χ4n) is 1.39. The number of nitrogens with two attached hydrogens (primary N) is 1. The number of oxime groups is 1. The minimum absolute atomic E-state index is 0.0153. The molecule has 19 heavy (non-hydrogen) atoms. The molecule has 1 aromatic rings. The number of hydrogen-bond donors (Lipinski definition) is 3. The van der Waals surface area contributed by atoms with Crippen LogP contribution in [0.3, 0.4) is 0 Å². The Kier molecular flexibility index (Phi) is 5.59. The number of sulfone groups is 1. The molecule has 106 valence electrons. The highest BCUT2D eigenvalue weighted by atomic mass is 35.5. The van der Waals surface area contributed by atoms with E-state index in [1.807, 2.05) is 0 Å². The van der Waals surface area contributed by atoms with Crippen LogP contribution in [0.15, 0.2) is 23.4 Å². The van der Waals surface area contributed by atoms with Crippen molar-refractivity contribution in [1.29, 1.82) is 0 Å². The van der Waals surface area contributed by atoms with E-state index in [4.69, 9.17) is 22.5 Å². The number of nitrogens with zero attached hydrogens (tertiary/aromatic N) is 1. The molecule has 8 heteroatoms. The molecule has 6 nitrogen and oxygen atoms in total. The van der Waals surface area contributed by atoms with Crippen molar-refractivity contribution in [2.24, 2.45) is 10.9 Å². The molecule has 0 bridgehead atoms. The van der Waals surface area contributed by atoms with Crippen LogP contribution in [0.25, 0.3) is 0 Å². The van der Waals surface area contributed by atoms with Gasteiger partial charge in [0.05, 0.1) is 5.75 Å². The number of rotatable bonds is 6. The van der Waals surface area contributed by atoms with Crippen LogP contribution in [-0.2, 0) is 16.4 Å². The Hall–Kier alpha value is -1.31. The number of nitrogens with one attached hydrogen (secondary N) is 1. The molecule has 1 aromatic carbocycles. The normalized spacial score (nSPS) is 12.6. The quantitative estimate of drug-likeness (QED) is 0.234. The zero-order chi connectivity index (χ0) is 14.5. The lowest BCUT2D eigenvalue weighted by Crippen LogP contribution is -2.22. The molecule has 0 amide bonds. The van der Waals surface area contributed by atoms with Crippen molar-refractivity contribution >= 4 is 27.3 Å². The monoisotopic (exact) mass is 305 g/mol. The summed E-state index contributed by atoms with van der Waals surface area (Å²) in [4.78, 5) is 0. The van der Waals surface area contributed by atoms with Gasteiger partial charge >= 0.3 is 0 Å². The largest absolute Gasteiger partial charge is 0.409 e.